The van der Waals surface area contributed by atoms with Gasteiger partial charge in [0.2, 0.25) is 0 Å². The third-order valence-corrected chi connectivity index (χ3v) is 1.82. The minimum atomic E-state index is 0.704. The summed E-state index contributed by atoms with van der Waals surface area (Å²) in [5.41, 5.74) is 0. The van der Waals surface area contributed by atoms with E-state index in [0.29, 0.717) is 5.92 Å². The molecule has 0 N–H and O–H groups in total. The van der Waals surface area contributed by atoms with Crippen LogP contribution in [0.2, 0.25) is 0 Å². The predicted molar refractivity (Wildman–Crippen MR) is 35.6 cm³/mol. The molecule has 47 valence electrons. The highest BCUT2D eigenvalue weighted by atomic mass is 15.1. The van der Waals surface area contributed by atoms with Gasteiger partial charge < -0.3 is 4.90 Å². The molecule has 1 heteroatoms. The van der Waals surface area contributed by atoms with Crippen LogP contribution in [0.3, 0.4) is 0 Å². The summed E-state index contributed by atoms with van der Waals surface area (Å²) in [6.45, 7) is 9.89. The maximum absolute atomic E-state index is 3.99. The summed E-state index contributed by atoms with van der Waals surface area (Å²) in [5, 5.41) is 0. The minimum absolute atomic E-state index is 0.704. The molecule has 0 bridgehead atoms. The van der Waals surface area contributed by atoms with Gasteiger partial charge in [-0.3, -0.25) is 0 Å². The predicted octanol–water partition coefficient (Wildman–Crippen LogP) is 1.16. The first-order valence-electron chi connectivity index (χ1n) is 3.38. The molecule has 0 aromatic heterocycles. The van der Waals surface area contributed by atoms with E-state index in [1.807, 2.05) is 0 Å². The van der Waals surface area contributed by atoms with Crippen molar-refractivity contribution in [3.05, 3.63) is 6.92 Å². The van der Waals surface area contributed by atoms with Gasteiger partial charge in [-0.1, -0.05) is 6.92 Å². The van der Waals surface area contributed by atoms with Gasteiger partial charge in [-0.05, 0) is 32.4 Å². The fourth-order valence-corrected chi connectivity index (χ4v) is 1.20. The summed E-state index contributed by atoms with van der Waals surface area (Å²) in [4.78, 5) is 2.44. The van der Waals surface area contributed by atoms with E-state index < -0.39 is 0 Å². The van der Waals surface area contributed by atoms with Crippen molar-refractivity contribution < 1.29 is 0 Å². The van der Waals surface area contributed by atoms with Crippen LogP contribution >= 0.6 is 0 Å². The van der Waals surface area contributed by atoms with Gasteiger partial charge in [0, 0.05) is 6.54 Å². The SMILES string of the molecule is [CH2]C1CCN(CC)C1. The molecule has 1 nitrogen and oxygen atoms in total. The van der Waals surface area contributed by atoms with Crippen LogP contribution < -0.4 is 0 Å². The van der Waals surface area contributed by atoms with E-state index in [1.165, 1.54) is 26.1 Å². The zero-order valence-corrected chi connectivity index (χ0v) is 5.56. The Balaban J connectivity index is 2.22. The third kappa shape index (κ3) is 1.22. The maximum Gasteiger partial charge on any atom is 0.00100 e. The number of hydrogen-bond acceptors (Lipinski definition) is 1. The second-order valence-electron chi connectivity index (χ2n) is 2.55. The Bertz CT molecular complexity index is 70.8. The highest BCUT2D eigenvalue weighted by molar-refractivity contribution is 4.75. The zero-order valence-electron chi connectivity index (χ0n) is 5.56. The average molecular weight is 112 g/mol. The molecule has 0 spiro atoms. The summed E-state index contributed by atoms with van der Waals surface area (Å²) in [6, 6.07) is 0. The second-order valence-corrected chi connectivity index (χ2v) is 2.55. The first-order chi connectivity index (χ1) is 3.83. The molecule has 1 fully saturated rings. The van der Waals surface area contributed by atoms with Gasteiger partial charge in [-0.25, -0.2) is 0 Å². The molecule has 0 amide bonds. The fourth-order valence-electron chi connectivity index (χ4n) is 1.20. The van der Waals surface area contributed by atoms with Crippen LogP contribution in [-0.2, 0) is 0 Å². The van der Waals surface area contributed by atoms with Crippen LogP contribution in [0.5, 0.6) is 0 Å². The van der Waals surface area contributed by atoms with Gasteiger partial charge in [-0.15, -0.1) is 0 Å². The van der Waals surface area contributed by atoms with Crippen LogP contribution in [0.1, 0.15) is 13.3 Å². The van der Waals surface area contributed by atoms with E-state index >= 15 is 0 Å². The van der Waals surface area contributed by atoms with Crippen molar-refractivity contribution in [1.82, 2.24) is 4.90 Å². The Labute approximate surface area is 51.7 Å². The summed E-state index contributed by atoms with van der Waals surface area (Å²) in [5.74, 6) is 0.704. The molecule has 1 unspecified atom stereocenters. The molecule has 1 rings (SSSR count). The van der Waals surface area contributed by atoms with E-state index in [4.69, 9.17) is 0 Å². The topological polar surface area (TPSA) is 3.24 Å². The van der Waals surface area contributed by atoms with E-state index in [1.54, 1.807) is 0 Å². The Morgan fingerprint density at radius 2 is 2.50 bits per heavy atom. The number of rotatable bonds is 1. The van der Waals surface area contributed by atoms with Crippen LogP contribution in [0, 0.1) is 12.8 Å². The second kappa shape index (κ2) is 2.49. The van der Waals surface area contributed by atoms with Crippen LogP contribution in [0.25, 0.3) is 0 Å². The smallest absolute Gasteiger partial charge is 0.00100 e. The van der Waals surface area contributed by atoms with Gasteiger partial charge >= 0.3 is 0 Å². The number of hydrogen-bond donors (Lipinski definition) is 0. The summed E-state index contributed by atoms with van der Waals surface area (Å²) < 4.78 is 0. The van der Waals surface area contributed by atoms with Crippen molar-refractivity contribution >= 4 is 0 Å². The van der Waals surface area contributed by atoms with Crippen LogP contribution in [0.4, 0.5) is 0 Å². The quantitative estimate of drug-likeness (QED) is 0.492. The molecular weight excluding hydrogens is 98.1 g/mol. The molecule has 1 atom stereocenters. The van der Waals surface area contributed by atoms with E-state index in [-0.39, 0.29) is 0 Å². The van der Waals surface area contributed by atoms with Crippen molar-refractivity contribution in [2.45, 2.75) is 13.3 Å². The molecule has 1 radical (unpaired) electrons. The molecule has 1 heterocycles. The number of nitrogens with zero attached hydrogens (tertiary/aromatic N) is 1. The summed E-state index contributed by atoms with van der Waals surface area (Å²) in [7, 11) is 0. The lowest BCUT2D eigenvalue weighted by Gasteiger charge is -2.09. The summed E-state index contributed by atoms with van der Waals surface area (Å²) >= 11 is 0. The highest BCUT2D eigenvalue weighted by Crippen LogP contribution is 2.12. The third-order valence-electron chi connectivity index (χ3n) is 1.82. The molecule has 0 saturated carbocycles. The molecule has 0 aliphatic carbocycles. The van der Waals surface area contributed by atoms with E-state index in [9.17, 15) is 0 Å². The normalized spacial score (nSPS) is 31.5. The zero-order chi connectivity index (χ0) is 5.98. The minimum Gasteiger partial charge on any atom is -0.303 e. The lowest BCUT2D eigenvalue weighted by atomic mass is 10.2. The highest BCUT2D eigenvalue weighted by Gasteiger charge is 2.15. The Hall–Kier alpha value is -0.0400. The van der Waals surface area contributed by atoms with E-state index in [2.05, 4.69) is 18.7 Å². The lowest BCUT2D eigenvalue weighted by molar-refractivity contribution is 0.351. The first-order valence-corrected chi connectivity index (χ1v) is 3.38. The maximum atomic E-state index is 3.99. The fraction of sp³-hybridized carbons (Fsp3) is 0.857. The lowest BCUT2D eigenvalue weighted by Crippen LogP contribution is -2.18. The van der Waals surface area contributed by atoms with Gasteiger partial charge in [0.1, 0.15) is 0 Å². The molecular formula is C7H14N. The van der Waals surface area contributed by atoms with Crippen molar-refractivity contribution in [3.63, 3.8) is 0 Å². The van der Waals surface area contributed by atoms with Crippen LogP contribution in [0.15, 0.2) is 0 Å². The van der Waals surface area contributed by atoms with Gasteiger partial charge in [0.25, 0.3) is 0 Å². The van der Waals surface area contributed by atoms with Gasteiger partial charge in [0.15, 0.2) is 0 Å². The molecule has 0 aromatic carbocycles. The monoisotopic (exact) mass is 112 g/mol. The molecule has 1 saturated heterocycles. The number of likely N-dealkylation sites (tertiary alicyclic amines) is 1. The Morgan fingerprint density at radius 3 is 2.75 bits per heavy atom. The van der Waals surface area contributed by atoms with Gasteiger partial charge in [-0.2, -0.15) is 0 Å². The molecule has 0 aromatic rings. The van der Waals surface area contributed by atoms with Crippen molar-refractivity contribution in [3.8, 4) is 0 Å². The largest absolute Gasteiger partial charge is 0.303 e. The Morgan fingerprint density at radius 1 is 1.75 bits per heavy atom. The average Bonchev–Trinajstić information content (AvgIpc) is 2.14. The summed E-state index contributed by atoms with van der Waals surface area (Å²) in [6.07, 6.45) is 1.30. The van der Waals surface area contributed by atoms with Gasteiger partial charge in [0.05, 0.1) is 0 Å². The molecule has 1 aliphatic rings. The standard InChI is InChI=1S/C7H14N/c1-3-8-5-4-7(2)6-8/h7H,2-6H2,1H3. The molecule has 1 aliphatic heterocycles. The van der Waals surface area contributed by atoms with Crippen molar-refractivity contribution in [2.75, 3.05) is 19.6 Å². The molecule has 8 heavy (non-hydrogen) atoms. The van der Waals surface area contributed by atoms with Crippen molar-refractivity contribution in [1.29, 1.82) is 0 Å². The Kier molecular flexibility index (Phi) is 1.90. The van der Waals surface area contributed by atoms with Crippen molar-refractivity contribution in [2.24, 2.45) is 5.92 Å². The van der Waals surface area contributed by atoms with Crippen LogP contribution in [-0.4, -0.2) is 24.5 Å². The first kappa shape index (κ1) is 6.09. The van der Waals surface area contributed by atoms with E-state index in [0.717, 1.165) is 0 Å².